The predicted octanol–water partition coefficient (Wildman–Crippen LogP) is 15.0. The Morgan fingerprint density at radius 3 is 0.893 bits per heavy atom. The minimum Gasteiger partial charge on any atom is -0.354 e. The Labute approximate surface area is 334 Å². The second-order valence-corrected chi connectivity index (χ2v) is 12.3. The number of hydrogen-bond acceptors (Lipinski definition) is 2. The number of nitrogens with one attached hydrogen (secondary N) is 2. The maximum absolute atomic E-state index is 5.46. The Morgan fingerprint density at radius 2 is 0.589 bits per heavy atom. The Morgan fingerprint density at radius 1 is 0.321 bits per heavy atom. The molecule has 3 aromatic heterocycles. The molecule has 0 fully saturated rings. The first-order valence-electron chi connectivity index (χ1n) is 20.5. The molecule has 284 valence electrons. The average molecular weight is 737 g/mol. The Kier molecular flexibility index (Phi) is 14.9. The van der Waals surface area contributed by atoms with Crippen LogP contribution in [0.2, 0.25) is 0 Å². The number of aryl methyl sites for hydroxylation is 2. The number of H-pyrrole nitrogens is 2. The molecule has 0 amide bonds. The normalized spacial score (nSPS) is 11.0. The number of hydrogen-bond donors (Lipinski definition) is 2. The number of rotatable bonds is 4. The topological polar surface area (TPSA) is 57.4 Å². The average Bonchev–Trinajstić information content (AvgIpc) is 4.14. The van der Waals surface area contributed by atoms with Gasteiger partial charge in [-0.25, -0.2) is 4.98 Å². The van der Waals surface area contributed by atoms with Gasteiger partial charge in [-0.15, -0.1) is 0 Å². The Bertz CT molecular complexity index is 2300. The van der Waals surface area contributed by atoms with Gasteiger partial charge in [-0.1, -0.05) is 177 Å². The van der Waals surface area contributed by atoms with Gasteiger partial charge in [0.25, 0.3) is 0 Å². The molecule has 5 heterocycles. The van der Waals surface area contributed by atoms with Gasteiger partial charge in [-0.3, -0.25) is 4.98 Å². The van der Waals surface area contributed by atoms with Gasteiger partial charge >= 0.3 is 0 Å². The van der Waals surface area contributed by atoms with E-state index in [2.05, 4.69) is 168 Å². The summed E-state index contributed by atoms with van der Waals surface area (Å²) >= 11 is 0. The molecule has 0 atom stereocenters. The van der Waals surface area contributed by atoms with Crippen molar-refractivity contribution >= 4 is 34.2 Å². The van der Waals surface area contributed by atoms with Crippen molar-refractivity contribution in [3.8, 4) is 44.5 Å². The third-order valence-electron chi connectivity index (χ3n) is 9.30. The fourth-order valence-electron chi connectivity index (χ4n) is 7.14. The van der Waals surface area contributed by atoms with E-state index < -0.39 is 0 Å². The second-order valence-electron chi connectivity index (χ2n) is 12.3. The maximum Gasteiger partial charge on any atom is 0.0737 e. The molecule has 8 bridgehead atoms. The molecule has 0 aliphatic carbocycles. The zero-order valence-electron chi connectivity index (χ0n) is 34.3. The first-order valence-corrected chi connectivity index (χ1v) is 20.5. The van der Waals surface area contributed by atoms with Gasteiger partial charge in [-0.05, 0) is 71.5 Å². The van der Waals surface area contributed by atoms with Crippen LogP contribution in [0.5, 0.6) is 0 Å². The molecule has 4 aromatic carbocycles. The van der Waals surface area contributed by atoms with E-state index in [-0.39, 0.29) is 0 Å². The number of benzene rings is 4. The Balaban J connectivity index is 0.000000707. The molecule has 0 saturated heterocycles. The van der Waals surface area contributed by atoms with Crippen LogP contribution in [0.15, 0.2) is 146 Å². The molecule has 4 nitrogen and oxygen atoms in total. The smallest absolute Gasteiger partial charge is 0.0737 e. The van der Waals surface area contributed by atoms with Gasteiger partial charge in [0.2, 0.25) is 0 Å². The fraction of sp³-hybridized carbons (Fsp3) is 0.192. The van der Waals surface area contributed by atoms with Crippen molar-refractivity contribution in [1.82, 2.24) is 19.9 Å². The van der Waals surface area contributed by atoms with Crippen molar-refractivity contribution in [2.75, 3.05) is 0 Å². The van der Waals surface area contributed by atoms with Crippen molar-refractivity contribution < 1.29 is 0 Å². The van der Waals surface area contributed by atoms with Crippen LogP contribution in [0, 0.1) is 0 Å². The van der Waals surface area contributed by atoms with Crippen molar-refractivity contribution in [3.63, 3.8) is 0 Å². The molecule has 9 rings (SSSR count). The predicted molar refractivity (Wildman–Crippen MR) is 244 cm³/mol. The highest BCUT2D eigenvalue weighted by atomic mass is 14.8. The molecule has 2 aliphatic heterocycles. The lowest BCUT2D eigenvalue weighted by atomic mass is 10.0. The summed E-state index contributed by atoms with van der Waals surface area (Å²) in [5.41, 5.74) is 17.0. The summed E-state index contributed by atoms with van der Waals surface area (Å²) in [6, 6.07) is 51.1. The summed E-state index contributed by atoms with van der Waals surface area (Å²) in [5.74, 6) is 0. The van der Waals surface area contributed by atoms with Crippen LogP contribution >= 0.6 is 0 Å². The molecule has 2 N–H and O–H groups in total. The lowest BCUT2D eigenvalue weighted by molar-refractivity contribution is 1.03. The van der Waals surface area contributed by atoms with E-state index >= 15 is 0 Å². The highest BCUT2D eigenvalue weighted by Gasteiger charge is 2.20. The van der Waals surface area contributed by atoms with E-state index in [4.69, 9.17) is 9.97 Å². The molecule has 0 unspecified atom stereocenters. The summed E-state index contributed by atoms with van der Waals surface area (Å²) in [5, 5.41) is 0. The molecular weight excluding hydrogens is 681 g/mol. The summed E-state index contributed by atoms with van der Waals surface area (Å²) in [6.07, 6.45) is 5.99. The molecule has 2 aliphatic rings. The van der Waals surface area contributed by atoms with Crippen LogP contribution < -0.4 is 0 Å². The van der Waals surface area contributed by atoms with Gasteiger partial charge in [0.05, 0.1) is 22.8 Å². The maximum atomic E-state index is 5.46. The van der Waals surface area contributed by atoms with Gasteiger partial charge in [-0.2, -0.15) is 0 Å². The number of fused-ring (bicyclic) bond motifs is 8. The van der Waals surface area contributed by atoms with Gasteiger partial charge < -0.3 is 9.97 Å². The van der Waals surface area contributed by atoms with E-state index in [9.17, 15) is 0 Å². The second kappa shape index (κ2) is 20.4. The number of aromatic amines is 2. The fourth-order valence-corrected chi connectivity index (χ4v) is 7.14. The molecular formula is C52H56N4. The lowest BCUT2D eigenvalue weighted by Gasteiger charge is -2.06. The number of nitrogens with zero attached hydrogens (tertiary/aromatic N) is 2. The van der Waals surface area contributed by atoms with Crippen LogP contribution in [0.1, 0.15) is 78.2 Å². The van der Waals surface area contributed by atoms with E-state index in [0.29, 0.717) is 0 Å². The zero-order valence-corrected chi connectivity index (χ0v) is 34.3. The van der Waals surface area contributed by atoms with Crippen molar-refractivity contribution in [3.05, 3.63) is 168 Å². The highest BCUT2D eigenvalue weighted by Crippen LogP contribution is 2.38. The minimum absolute atomic E-state index is 0.849. The quantitative estimate of drug-likeness (QED) is 0.189. The van der Waals surface area contributed by atoms with E-state index in [1.54, 1.807) is 0 Å². The SMILES string of the molecule is C1=Cc2nc1c(-c1ccccc1)c1ccc([nH]1)c(-c1ccccc1)c1nc(c(-c3ccccc3)c3ccc([nH]3)c2-c2ccccc2)CC1.CC.CC.CC.CC. The molecule has 0 spiro atoms. The molecule has 0 saturated carbocycles. The van der Waals surface area contributed by atoms with Gasteiger partial charge in [0.15, 0.2) is 0 Å². The molecule has 7 aromatic rings. The molecule has 0 radical (unpaired) electrons. The third kappa shape index (κ3) is 8.66. The molecule has 56 heavy (non-hydrogen) atoms. The van der Waals surface area contributed by atoms with Crippen molar-refractivity contribution in [2.24, 2.45) is 0 Å². The molecule has 4 heteroatoms. The van der Waals surface area contributed by atoms with Gasteiger partial charge in [0.1, 0.15) is 0 Å². The zero-order chi connectivity index (χ0) is 39.9. The third-order valence-corrected chi connectivity index (χ3v) is 9.30. The minimum atomic E-state index is 0.849. The largest absolute Gasteiger partial charge is 0.354 e. The van der Waals surface area contributed by atoms with E-state index in [1.165, 1.54) is 0 Å². The Hall–Kier alpha value is -6.26. The number of aromatic nitrogens is 4. The van der Waals surface area contributed by atoms with Crippen LogP contribution in [0.25, 0.3) is 78.7 Å². The summed E-state index contributed by atoms with van der Waals surface area (Å²) in [6.45, 7) is 16.0. The van der Waals surface area contributed by atoms with E-state index in [0.717, 1.165) is 102 Å². The van der Waals surface area contributed by atoms with Crippen molar-refractivity contribution in [1.29, 1.82) is 0 Å². The first kappa shape index (κ1) is 40.9. The van der Waals surface area contributed by atoms with Crippen LogP contribution in [-0.4, -0.2) is 19.9 Å². The first-order chi connectivity index (χ1) is 27.8. The van der Waals surface area contributed by atoms with Gasteiger partial charge in [0, 0.05) is 44.3 Å². The van der Waals surface area contributed by atoms with Crippen LogP contribution in [-0.2, 0) is 12.8 Å². The lowest BCUT2D eigenvalue weighted by Crippen LogP contribution is -1.89. The highest BCUT2D eigenvalue weighted by molar-refractivity contribution is 5.97. The van der Waals surface area contributed by atoms with Crippen LogP contribution in [0.4, 0.5) is 0 Å². The summed E-state index contributed by atoms with van der Waals surface area (Å²) < 4.78 is 0. The standard InChI is InChI=1S/C44H32N4.4C2H6/c1-5-13-29(14-6-1)41-33-21-23-35(45-33)42(30-15-7-2-8-16-30)37-25-27-39(47-37)44(32-19-11-4-12-20-32)40-28-26-38(48-40)43(31-17-9-3-10-18-31)36-24-22-34(41)46-36;4*1-2/h1-25,27,46-47H,26,28H2;4*1-2H3. The van der Waals surface area contributed by atoms with E-state index in [1.807, 2.05) is 55.4 Å². The monoisotopic (exact) mass is 736 g/mol. The summed E-state index contributed by atoms with van der Waals surface area (Å²) in [4.78, 5) is 18.5. The van der Waals surface area contributed by atoms with Crippen LogP contribution in [0.3, 0.4) is 0 Å². The van der Waals surface area contributed by atoms with Crippen molar-refractivity contribution in [2.45, 2.75) is 68.2 Å². The summed E-state index contributed by atoms with van der Waals surface area (Å²) in [7, 11) is 0.